The zero-order valence-electron chi connectivity index (χ0n) is 14.7. The second-order valence-corrected chi connectivity index (χ2v) is 6.81. The molecule has 0 radical (unpaired) electrons. The first-order valence-corrected chi connectivity index (χ1v) is 8.74. The molecule has 0 spiro atoms. The highest BCUT2D eigenvalue weighted by molar-refractivity contribution is 6.08. The summed E-state index contributed by atoms with van der Waals surface area (Å²) in [4.78, 5) is 12.7. The molecule has 2 aromatic heterocycles. The summed E-state index contributed by atoms with van der Waals surface area (Å²) in [5, 5.41) is 4.14. The fraction of sp³-hybridized carbons (Fsp3) is 0.0870. The average molecular weight is 338 g/mol. The summed E-state index contributed by atoms with van der Waals surface area (Å²) in [6, 6.07) is 22.8. The molecule has 0 aliphatic rings. The van der Waals surface area contributed by atoms with Gasteiger partial charge in [0.15, 0.2) is 0 Å². The zero-order valence-corrected chi connectivity index (χ0v) is 14.7. The van der Waals surface area contributed by atoms with Crippen LogP contribution in [0.15, 0.2) is 77.7 Å². The molecular formula is C23H18N2O. The molecule has 5 rings (SSSR count). The molecule has 26 heavy (non-hydrogen) atoms. The summed E-state index contributed by atoms with van der Waals surface area (Å²) in [7, 11) is 1.84. The lowest BCUT2D eigenvalue weighted by Crippen LogP contribution is -2.17. The van der Waals surface area contributed by atoms with Gasteiger partial charge in [-0.3, -0.25) is 4.79 Å². The third kappa shape index (κ3) is 1.97. The second kappa shape index (κ2) is 5.33. The summed E-state index contributed by atoms with van der Waals surface area (Å²) < 4.78 is 3.94. The van der Waals surface area contributed by atoms with E-state index in [4.69, 9.17) is 0 Å². The molecule has 5 aromatic rings. The van der Waals surface area contributed by atoms with Gasteiger partial charge in [-0.25, -0.2) is 0 Å². The Hall–Kier alpha value is -3.33. The van der Waals surface area contributed by atoms with Crippen molar-refractivity contribution in [1.29, 1.82) is 0 Å². The molecule has 0 unspecified atom stereocenters. The molecule has 0 saturated heterocycles. The van der Waals surface area contributed by atoms with Crippen LogP contribution in [0, 0.1) is 6.92 Å². The lowest BCUT2D eigenvalue weighted by Gasteiger charge is -2.13. The van der Waals surface area contributed by atoms with Crippen LogP contribution in [0.5, 0.6) is 0 Å². The number of pyridine rings is 1. The van der Waals surface area contributed by atoms with Crippen molar-refractivity contribution in [3.8, 4) is 5.69 Å². The highest BCUT2D eigenvalue weighted by Crippen LogP contribution is 2.29. The fourth-order valence-corrected chi connectivity index (χ4v) is 3.97. The average Bonchev–Trinajstić information content (AvgIpc) is 3.10. The maximum Gasteiger partial charge on any atom is 0.258 e. The fourth-order valence-electron chi connectivity index (χ4n) is 3.97. The molecule has 3 aromatic carbocycles. The van der Waals surface area contributed by atoms with Gasteiger partial charge in [0, 0.05) is 29.7 Å². The number of aromatic nitrogens is 2. The molecule has 0 aliphatic heterocycles. The van der Waals surface area contributed by atoms with Crippen molar-refractivity contribution in [3.63, 3.8) is 0 Å². The summed E-state index contributed by atoms with van der Waals surface area (Å²) in [5.41, 5.74) is 4.41. The van der Waals surface area contributed by atoms with Gasteiger partial charge in [-0.1, -0.05) is 30.3 Å². The van der Waals surface area contributed by atoms with Crippen molar-refractivity contribution in [3.05, 3.63) is 88.8 Å². The number of hydrogen-bond donors (Lipinski definition) is 0. The molecule has 2 heterocycles. The van der Waals surface area contributed by atoms with E-state index in [1.165, 1.54) is 10.9 Å². The Labute approximate surface area is 150 Å². The Kier molecular flexibility index (Phi) is 3.07. The van der Waals surface area contributed by atoms with Gasteiger partial charge in [0.1, 0.15) is 0 Å². The van der Waals surface area contributed by atoms with E-state index >= 15 is 0 Å². The van der Waals surface area contributed by atoms with Gasteiger partial charge in [0.2, 0.25) is 0 Å². The van der Waals surface area contributed by atoms with Crippen LogP contribution in [0.3, 0.4) is 0 Å². The van der Waals surface area contributed by atoms with Crippen LogP contribution in [-0.4, -0.2) is 9.13 Å². The third-order valence-electron chi connectivity index (χ3n) is 5.30. The van der Waals surface area contributed by atoms with Crippen LogP contribution in [0.1, 0.15) is 5.56 Å². The predicted octanol–water partition coefficient (Wildman–Crippen LogP) is 4.94. The van der Waals surface area contributed by atoms with Gasteiger partial charge in [-0.2, -0.15) is 0 Å². The van der Waals surface area contributed by atoms with E-state index in [9.17, 15) is 4.79 Å². The number of nitrogens with zero attached hydrogens (tertiary/aromatic N) is 2. The molecule has 3 nitrogen and oxygen atoms in total. The van der Waals surface area contributed by atoms with Gasteiger partial charge in [0.05, 0.1) is 11.0 Å². The zero-order chi connectivity index (χ0) is 17.8. The summed E-state index contributed by atoms with van der Waals surface area (Å²) in [5.74, 6) is 0. The third-order valence-corrected chi connectivity index (χ3v) is 5.30. The first kappa shape index (κ1) is 15.0. The number of rotatable bonds is 1. The maximum atomic E-state index is 12.7. The van der Waals surface area contributed by atoms with Crippen LogP contribution in [0.4, 0.5) is 0 Å². The minimum absolute atomic E-state index is 0.0513. The van der Waals surface area contributed by atoms with E-state index in [1.54, 1.807) is 4.57 Å². The quantitative estimate of drug-likeness (QED) is 0.398. The van der Waals surface area contributed by atoms with E-state index in [-0.39, 0.29) is 5.56 Å². The van der Waals surface area contributed by atoms with Crippen LogP contribution < -0.4 is 5.56 Å². The SMILES string of the molecule is Cc1cccc2c(=O)n(C)c3ccc(-n4ccc5ccccc54)cc3c12. The summed E-state index contributed by atoms with van der Waals surface area (Å²) in [6.45, 7) is 2.07. The van der Waals surface area contributed by atoms with Crippen molar-refractivity contribution in [2.45, 2.75) is 6.92 Å². The van der Waals surface area contributed by atoms with Gasteiger partial charge in [0.25, 0.3) is 5.56 Å². The molecule has 0 fully saturated rings. The Morgan fingerprint density at radius 3 is 2.54 bits per heavy atom. The Bertz CT molecular complexity index is 1370. The van der Waals surface area contributed by atoms with E-state index in [1.807, 2.05) is 25.2 Å². The Morgan fingerprint density at radius 2 is 1.65 bits per heavy atom. The van der Waals surface area contributed by atoms with Crippen LogP contribution in [0.25, 0.3) is 38.3 Å². The molecule has 0 amide bonds. The first-order chi connectivity index (χ1) is 12.6. The van der Waals surface area contributed by atoms with E-state index in [0.29, 0.717) is 0 Å². The highest BCUT2D eigenvalue weighted by Gasteiger charge is 2.12. The van der Waals surface area contributed by atoms with E-state index in [2.05, 4.69) is 66.2 Å². The van der Waals surface area contributed by atoms with Gasteiger partial charge < -0.3 is 9.13 Å². The van der Waals surface area contributed by atoms with Crippen LogP contribution in [0.2, 0.25) is 0 Å². The Balaban J connectivity index is 1.92. The minimum Gasteiger partial charge on any atom is -0.317 e. The Morgan fingerprint density at radius 1 is 0.808 bits per heavy atom. The number of aryl methyl sites for hydroxylation is 2. The van der Waals surface area contributed by atoms with Gasteiger partial charge in [-0.15, -0.1) is 0 Å². The number of benzene rings is 3. The first-order valence-electron chi connectivity index (χ1n) is 8.74. The minimum atomic E-state index is 0.0513. The molecule has 3 heteroatoms. The van der Waals surface area contributed by atoms with Crippen molar-refractivity contribution < 1.29 is 0 Å². The molecule has 0 bridgehead atoms. The van der Waals surface area contributed by atoms with Crippen molar-refractivity contribution in [2.75, 3.05) is 0 Å². The van der Waals surface area contributed by atoms with E-state index < -0.39 is 0 Å². The number of hydrogen-bond acceptors (Lipinski definition) is 1. The number of para-hydroxylation sites is 1. The molecule has 0 saturated carbocycles. The molecule has 0 N–H and O–H groups in total. The van der Waals surface area contributed by atoms with Gasteiger partial charge in [-0.05, 0) is 59.7 Å². The van der Waals surface area contributed by atoms with Crippen LogP contribution >= 0.6 is 0 Å². The predicted molar refractivity (Wildman–Crippen MR) is 108 cm³/mol. The number of fused-ring (bicyclic) bond motifs is 4. The second-order valence-electron chi connectivity index (χ2n) is 6.81. The highest BCUT2D eigenvalue weighted by atomic mass is 16.1. The van der Waals surface area contributed by atoms with Crippen molar-refractivity contribution in [2.24, 2.45) is 7.05 Å². The van der Waals surface area contributed by atoms with Crippen molar-refractivity contribution in [1.82, 2.24) is 9.13 Å². The molecule has 0 aliphatic carbocycles. The van der Waals surface area contributed by atoms with Crippen LogP contribution in [-0.2, 0) is 7.05 Å². The summed E-state index contributed by atoms with van der Waals surface area (Å²) in [6.07, 6.45) is 2.10. The molecule has 126 valence electrons. The normalized spacial score (nSPS) is 11.6. The topological polar surface area (TPSA) is 26.9 Å². The van der Waals surface area contributed by atoms with Gasteiger partial charge >= 0.3 is 0 Å². The maximum absolute atomic E-state index is 12.7. The van der Waals surface area contributed by atoms with Crippen molar-refractivity contribution >= 4 is 32.6 Å². The summed E-state index contributed by atoms with van der Waals surface area (Å²) >= 11 is 0. The lowest BCUT2D eigenvalue weighted by atomic mass is 10.0. The molecular weight excluding hydrogens is 320 g/mol. The smallest absolute Gasteiger partial charge is 0.258 e. The largest absolute Gasteiger partial charge is 0.317 e. The lowest BCUT2D eigenvalue weighted by molar-refractivity contribution is 0.917. The molecule has 0 atom stereocenters. The van der Waals surface area contributed by atoms with E-state index in [0.717, 1.165) is 32.9 Å². The monoisotopic (exact) mass is 338 g/mol. The standard InChI is InChI=1S/C23H18N2O/c1-15-6-5-8-18-22(15)19-14-17(10-11-21(19)24(2)23(18)26)25-13-12-16-7-3-4-9-20(16)25/h3-14H,1-2H3.